The van der Waals surface area contributed by atoms with E-state index in [1.807, 2.05) is 0 Å². The zero-order valence-electron chi connectivity index (χ0n) is 10.4. The van der Waals surface area contributed by atoms with Crippen molar-refractivity contribution in [3.8, 4) is 0 Å². The predicted molar refractivity (Wildman–Crippen MR) is 69.4 cm³/mol. The van der Waals surface area contributed by atoms with E-state index >= 15 is 0 Å². The van der Waals surface area contributed by atoms with Gasteiger partial charge in [-0.1, -0.05) is 13.2 Å². The molecule has 0 N–H and O–H groups in total. The Hall–Kier alpha value is -2.69. The Balaban J connectivity index is 2.48. The molecule has 1 aliphatic rings. The molecule has 0 aromatic heterocycles. The van der Waals surface area contributed by atoms with Crippen LogP contribution in [0.2, 0.25) is 0 Å². The normalized spacial score (nSPS) is 13.2. The number of carbonyl (C=O) groups excluding carboxylic acids is 3. The summed E-state index contributed by atoms with van der Waals surface area (Å²) in [4.78, 5) is 37.9. The van der Waals surface area contributed by atoms with Crippen LogP contribution in [0.3, 0.4) is 0 Å². The molecule has 2 rings (SSSR count). The summed E-state index contributed by atoms with van der Waals surface area (Å²) in [6, 6.07) is 4.41. The number of hydrogen-bond donors (Lipinski definition) is 0. The second-order valence-corrected chi connectivity index (χ2v) is 4.02. The lowest BCUT2D eigenvalue weighted by Crippen LogP contribution is -2.23. The van der Waals surface area contributed by atoms with E-state index in [4.69, 9.17) is 0 Å². The molecule has 19 heavy (non-hydrogen) atoms. The molecule has 1 heterocycles. The highest BCUT2D eigenvalue weighted by atomic mass is 16.2. The number of carbonyl (C=O) groups is 3. The molecule has 0 fully saturated rings. The van der Waals surface area contributed by atoms with E-state index in [1.54, 1.807) is 7.05 Å². The Morgan fingerprint density at radius 1 is 1.21 bits per heavy atom. The van der Waals surface area contributed by atoms with Crippen molar-refractivity contribution < 1.29 is 14.4 Å². The van der Waals surface area contributed by atoms with Gasteiger partial charge in [0.25, 0.3) is 17.7 Å². The number of nitrogens with zero attached hydrogens (tertiary/aromatic N) is 2. The van der Waals surface area contributed by atoms with Crippen LogP contribution in [0.5, 0.6) is 0 Å². The SMILES string of the molecule is C=CN(C)C(=O)c1ccc2c(c1)C(=O)N(C=C)C2=O. The molecular formula is C14H12N2O3. The van der Waals surface area contributed by atoms with Gasteiger partial charge in [-0.2, -0.15) is 0 Å². The van der Waals surface area contributed by atoms with E-state index in [0.29, 0.717) is 5.56 Å². The second-order valence-electron chi connectivity index (χ2n) is 4.02. The Morgan fingerprint density at radius 2 is 1.84 bits per heavy atom. The van der Waals surface area contributed by atoms with E-state index in [-0.39, 0.29) is 17.0 Å². The molecule has 0 saturated heterocycles. The van der Waals surface area contributed by atoms with Crippen LogP contribution in [-0.2, 0) is 0 Å². The van der Waals surface area contributed by atoms with Crippen LogP contribution >= 0.6 is 0 Å². The van der Waals surface area contributed by atoms with Crippen LogP contribution in [-0.4, -0.2) is 34.6 Å². The minimum absolute atomic E-state index is 0.216. The van der Waals surface area contributed by atoms with Crippen molar-refractivity contribution in [2.45, 2.75) is 0 Å². The minimum Gasteiger partial charge on any atom is -0.319 e. The Morgan fingerprint density at radius 3 is 2.42 bits per heavy atom. The third kappa shape index (κ3) is 1.85. The lowest BCUT2D eigenvalue weighted by Gasteiger charge is -2.11. The summed E-state index contributed by atoms with van der Waals surface area (Å²) in [7, 11) is 1.56. The molecule has 5 heteroatoms. The van der Waals surface area contributed by atoms with E-state index in [1.165, 1.54) is 35.5 Å². The van der Waals surface area contributed by atoms with Crippen molar-refractivity contribution >= 4 is 17.7 Å². The highest BCUT2D eigenvalue weighted by Crippen LogP contribution is 2.24. The van der Waals surface area contributed by atoms with Crippen LogP contribution in [0.25, 0.3) is 0 Å². The van der Waals surface area contributed by atoms with Crippen molar-refractivity contribution in [2.24, 2.45) is 0 Å². The maximum Gasteiger partial charge on any atom is 0.265 e. The number of fused-ring (bicyclic) bond motifs is 1. The number of hydrogen-bond acceptors (Lipinski definition) is 3. The third-order valence-corrected chi connectivity index (χ3v) is 2.94. The number of benzene rings is 1. The van der Waals surface area contributed by atoms with Crippen LogP contribution in [0.4, 0.5) is 0 Å². The average Bonchev–Trinajstić information content (AvgIpc) is 2.68. The van der Waals surface area contributed by atoms with Crippen LogP contribution in [0.1, 0.15) is 31.1 Å². The maximum atomic E-state index is 11.9. The Kier molecular flexibility index (Phi) is 3.04. The van der Waals surface area contributed by atoms with Gasteiger partial charge in [-0.3, -0.25) is 14.4 Å². The fourth-order valence-corrected chi connectivity index (χ4v) is 1.84. The monoisotopic (exact) mass is 256 g/mol. The van der Waals surface area contributed by atoms with E-state index in [9.17, 15) is 14.4 Å². The molecule has 0 unspecified atom stereocenters. The van der Waals surface area contributed by atoms with Gasteiger partial charge in [-0.25, -0.2) is 4.90 Å². The van der Waals surface area contributed by atoms with Gasteiger partial charge in [-0.05, 0) is 24.4 Å². The first-order valence-electron chi connectivity index (χ1n) is 5.55. The molecule has 0 spiro atoms. The molecule has 0 radical (unpaired) electrons. The largest absolute Gasteiger partial charge is 0.319 e. The summed E-state index contributed by atoms with van der Waals surface area (Å²) in [5.74, 6) is -1.19. The highest BCUT2D eigenvalue weighted by Gasteiger charge is 2.34. The first kappa shape index (κ1) is 12.8. The Bertz CT molecular complexity index is 619. The van der Waals surface area contributed by atoms with Crippen molar-refractivity contribution in [1.29, 1.82) is 0 Å². The minimum atomic E-state index is -0.467. The topological polar surface area (TPSA) is 57.7 Å². The molecule has 3 amide bonds. The zero-order chi connectivity index (χ0) is 14.2. The summed E-state index contributed by atoms with van der Waals surface area (Å²) in [6.45, 7) is 6.92. The van der Waals surface area contributed by atoms with Crippen LogP contribution in [0.15, 0.2) is 43.8 Å². The number of amides is 3. The summed E-state index contributed by atoms with van der Waals surface area (Å²) >= 11 is 0. The van der Waals surface area contributed by atoms with Crippen molar-refractivity contribution in [3.05, 3.63) is 60.4 Å². The van der Waals surface area contributed by atoms with E-state index < -0.39 is 11.8 Å². The third-order valence-electron chi connectivity index (χ3n) is 2.94. The molecule has 0 aliphatic carbocycles. The predicted octanol–water partition coefficient (Wildman–Crippen LogP) is 1.64. The van der Waals surface area contributed by atoms with Gasteiger partial charge < -0.3 is 4.90 Å². The first-order valence-corrected chi connectivity index (χ1v) is 5.55. The molecule has 96 valence electrons. The van der Waals surface area contributed by atoms with Crippen LogP contribution in [0, 0.1) is 0 Å². The number of rotatable bonds is 3. The lowest BCUT2D eigenvalue weighted by molar-refractivity contribution is 0.0721. The molecule has 0 saturated carbocycles. The Labute approximate surface area is 110 Å². The fraction of sp³-hybridized carbons (Fsp3) is 0.0714. The van der Waals surface area contributed by atoms with Gasteiger partial charge >= 0.3 is 0 Å². The summed E-state index contributed by atoms with van der Waals surface area (Å²) in [5, 5.41) is 0. The first-order chi connectivity index (χ1) is 9.01. The zero-order valence-corrected chi connectivity index (χ0v) is 10.4. The van der Waals surface area contributed by atoms with E-state index in [0.717, 1.165) is 4.90 Å². The van der Waals surface area contributed by atoms with Gasteiger partial charge in [0.05, 0.1) is 11.1 Å². The van der Waals surface area contributed by atoms with Gasteiger partial charge in [0.1, 0.15) is 0 Å². The van der Waals surface area contributed by atoms with Crippen molar-refractivity contribution in [3.63, 3.8) is 0 Å². The van der Waals surface area contributed by atoms with E-state index in [2.05, 4.69) is 13.2 Å². The van der Waals surface area contributed by atoms with Crippen molar-refractivity contribution in [1.82, 2.24) is 9.80 Å². The molecule has 1 aromatic rings. The molecule has 0 bridgehead atoms. The fourth-order valence-electron chi connectivity index (χ4n) is 1.84. The summed E-state index contributed by atoms with van der Waals surface area (Å²) in [6.07, 6.45) is 2.54. The quantitative estimate of drug-likeness (QED) is 0.772. The molecule has 1 aliphatic heterocycles. The molecule has 0 atom stereocenters. The van der Waals surface area contributed by atoms with Crippen molar-refractivity contribution in [2.75, 3.05) is 7.05 Å². The van der Waals surface area contributed by atoms with Gasteiger partial charge in [0, 0.05) is 18.8 Å². The average molecular weight is 256 g/mol. The second kappa shape index (κ2) is 4.53. The smallest absolute Gasteiger partial charge is 0.265 e. The summed E-state index contributed by atoms with van der Waals surface area (Å²) < 4.78 is 0. The number of imide groups is 1. The maximum absolute atomic E-state index is 11.9. The highest BCUT2D eigenvalue weighted by molar-refractivity contribution is 6.22. The molecule has 1 aromatic carbocycles. The van der Waals surface area contributed by atoms with Crippen LogP contribution < -0.4 is 0 Å². The standard InChI is InChI=1S/C14H12N2O3/c1-4-15(3)12(17)9-6-7-10-11(8-9)14(19)16(5-2)13(10)18/h4-8H,1-2H2,3H3. The summed E-state index contributed by atoms with van der Waals surface area (Å²) in [5.41, 5.74) is 0.823. The molecular weight excluding hydrogens is 244 g/mol. The van der Waals surface area contributed by atoms with Gasteiger partial charge in [0.2, 0.25) is 0 Å². The lowest BCUT2D eigenvalue weighted by atomic mass is 10.1. The molecule has 5 nitrogen and oxygen atoms in total. The van der Waals surface area contributed by atoms with Gasteiger partial charge in [-0.15, -0.1) is 0 Å². The van der Waals surface area contributed by atoms with Gasteiger partial charge in [0.15, 0.2) is 0 Å².